The summed E-state index contributed by atoms with van der Waals surface area (Å²) in [6.07, 6.45) is 2.82. The van der Waals surface area contributed by atoms with Gasteiger partial charge < -0.3 is 4.74 Å². The molecule has 3 heteroatoms. The number of thioether (sulfide) groups is 1. The van der Waals surface area contributed by atoms with Gasteiger partial charge in [0.1, 0.15) is 0 Å². The van der Waals surface area contributed by atoms with Crippen molar-refractivity contribution in [3.63, 3.8) is 0 Å². The van der Waals surface area contributed by atoms with Gasteiger partial charge in [-0.05, 0) is 31.9 Å². The Bertz CT molecular complexity index is 353. The fraction of sp³-hybridized carbons (Fsp3) is 0.462. The second kappa shape index (κ2) is 5.51. The molecular weight excluding hydrogens is 220 g/mol. The van der Waals surface area contributed by atoms with E-state index in [-0.39, 0.29) is 11.2 Å². The number of benzene rings is 1. The van der Waals surface area contributed by atoms with Gasteiger partial charge in [0, 0.05) is 17.9 Å². The van der Waals surface area contributed by atoms with Gasteiger partial charge in [-0.2, -0.15) is 0 Å². The first-order chi connectivity index (χ1) is 7.74. The average Bonchev–Trinajstić information content (AvgIpc) is 2.74. The van der Waals surface area contributed by atoms with Crippen molar-refractivity contribution in [3.05, 3.63) is 29.8 Å². The van der Waals surface area contributed by atoms with Gasteiger partial charge in [-0.3, -0.25) is 4.79 Å². The van der Waals surface area contributed by atoms with Gasteiger partial charge >= 0.3 is 0 Å². The molecule has 0 radical (unpaired) electrons. The lowest BCUT2D eigenvalue weighted by molar-refractivity contribution is -0.112. The molecule has 0 N–H and O–H groups in total. The third kappa shape index (κ3) is 3.35. The van der Waals surface area contributed by atoms with E-state index in [0.717, 1.165) is 24.3 Å². The van der Waals surface area contributed by atoms with E-state index in [2.05, 4.69) is 0 Å². The minimum absolute atomic E-state index is 0.158. The summed E-state index contributed by atoms with van der Waals surface area (Å²) in [7, 11) is 0. The molecule has 1 atom stereocenters. The van der Waals surface area contributed by atoms with Crippen molar-refractivity contribution in [2.75, 3.05) is 6.61 Å². The first-order valence-corrected chi connectivity index (χ1v) is 6.44. The molecule has 86 valence electrons. The monoisotopic (exact) mass is 236 g/mol. The Kier molecular flexibility index (Phi) is 4.02. The maximum Gasteiger partial charge on any atom is 0.196 e. The SMILES string of the molecule is Cc1ccc(SC(=O)CC2CCCO2)cc1. The summed E-state index contributed by atoms with van der Waals surface area (Å²) in [5, 5.41) is 0.204. The van der Waals surface area contributed by atoms with Gasteiger partial charge in [-0.25, -0.2) is 0 Å². The van der Waals surface area contributed by atoms with Gasteiger partial charge in [0.05, 0.1) is 6.10 Å². The number of hydrogen-bond acceptors (Lipinski definition) is 3. The first-order valence-electron chi connectivity index (χ1n) is 5.63. The summed E-state index contributed by atoms with van der Waals surface area (Å²) in [5.74, 6) is 0. The van der Waals surface area contributed by atoms with Crippen LogP contribution in [0.5, 0.6) is 0 Å². The standard InChI is InChI=1S/C13H16O2S/c1-10-4-6-12(7-5-10)16-13(14)9-11-3-2-8-15-11/h4-7,11H,2-3,8-9H2,1H3. The van der Waals surface area contributed by atoms with E-state index in [4.69, 9.17) is 4.74 Å². The molecule has 16 heavy (non-hydrogen) atoms. The van der Waals surface area contributed by atoms with Crippen LogP contribution in [0.4, 0.5) is 0 Å². The van der Waals surface area contributed by atoms with E-state index in [1.807, 2.05) is 31.2 Å². The summed E-state index contributed by atoms with van der Waals surface area (Å²) >= 11 is 1.32. The van der Waals surface area contributed by atoms with Crippen LogP contribution in [0.2, 0.25) is 0 Å². The predicted octanol–water partition coefficient (Wildman–Crippen LogP) is 3.18. The highest BCUT2D eigenvalue weighted by atomic mass is 32.2. The summed E-state index contributed by atoms with van der Waals surface area (Å²) in [4.78, 5) is 12.8. The lowest BCUT2D eigenvalue weighted by Gasteiger charge is -2.07. The van der Waals surface area contributed by atoms with Crippen molar-refractivity contribution in [1.29, 1.82) is 0 Å². The van der Waals surface area contributed by atoms with Crippen LogP contribution in [0, 0.1) is 6.92 Å². The van der Waals surface area contributed by atoms with E-state index >= 15 is 0 Å². The molecule has 1 aromatic carbocycles. The molecule has 1 heterocycles. The third-order valence-corrected chi connectivity index (χ3v) is 3.57. The topological polar surface area (TPSA) is 26.3 Å². The molecule has 1 aromatic rings. The van der Waals surface area contributed by atoms with Crippen LogP contribution < -0.4 is 0 Å². The van der Waals surface area contributed by atoms with Crippen LogP contribution in [-0.4, -0.2) is 17.8 Å². The van der Waals surface area contributed by atoms with Crippen LogP contribution in [-0.2, 0) is 9.53 Å². The van der Waals surface area contributed by atoms with Crippen molar-refractivity contribution in [3.8, 4) is 0 Å². The smallest absolute Gasteiger partial charge is 0.196 e. The van der Waals surface area contributed by atoms with E-state index in [0.29, 0.717) is 6.42 Å². The van der Waals surface area contributed by atoms with E-state index in [1.54, 1.807) is 0 Å². The molecule has 0 aromatic heterocycles. The summed E-state index contributed by atoms with van der Waals surface area (Å²) in [6, 6.07) is 8.05. The minimum atomic E-state index is 0.158. The highest BCUT2D eigenvalue weighted by molar-refractivity contribution is 8.13. The fourth-order valence-corrected chi connectivity index (χ4v) is 2.57. The zero-order valence-corrected chi connectivity index (χ0v) is 10.3. The number of rotatable bonds is 3. The summed E-state index contributed by atoms with van der Waals surface area (Å²) < 4.78 is 5.45. The molecule has 1 saturated heterocycles. The Hall–Kier alpha value is -0.800. The average molecular weight is 236 g/mol. The maximum absolute atomic E-state index is 11.7. The lowest BCUT2D eigenvalue weighted by Crippen LogP contribution is -2.09. The predicted molar refractivity (Wildman–Crippen MR) is 65.6 cm³/mol. The number of aryl methyl sites for hydroxylation is 1. The van der Waals surface area contributed by atoms with Gasteiger partial charge in [-0.1, -0.05) is 29.5 Å². The molecule has 2 nitrogen and oxygen atoms in total. The normalized spacial score (nSPS) is 19.9. The zero-order valence-electron chi connectivity index (χ0n) is 9.44. The number of carbonyl (C=O) groups excluding carboxylic acids is 1. The van der Waals surface area contributed by atoms with E-state index in [1.165, 1.54) is 17.3 Å². The van der Waals surface area contributed by atoms with Gasteiger partial charge in [0.2, 0.25) is 0 Å². The van der Waals surface area contributed by atoms with Crippen LogP contribution in [0.15, 0.2) is 29.2 Å². The zero-order chi connectivity index (χ0) is 11.4. The Labute approximate surface area is 100 Å². The van der Waals surface area contributed by atoms with E-state index in [9.17, 15) is 4.79 Å². The molecule has 0 aliphatic carbocycles. The second-order valence-corrected chi connectivity index (χ2v) is 5.26. The van der Waals surface area contributed by atoms with Crippen molar-refractivity contribution in [1.82, 2.24) is 0 Å². The summed E-state index contributed by atoms with van der Waals surface area (Å²) in [5.41, 5.74) is 1.22. The molecule has 0 amide bonds. The Morgan fingerprint density at radius 1 is 1.44 bits per heavy atom. The van der Waals surface area contributed by atoms with Crippen LogP contribution in [0.25, 0.3) is 0 Å². The molecular formula is C13H16O2S. The van der Waals surface area contributed by atoms with Crippen molar-refractivity contribution in [2.45, 2.75) is 37.2 Å². The highest BCUT2D eigenvalue weighted by Gasteiger charge is 2.19. The first kappa shape index (κ1) is 11.7. The largest absolute Gasteiger partial charge is 0.378 e. The third-order valence-electron chi connectivity index (χ3n) is 2.67. The fourth-order valence-electron chi connectivity index (χ4n) is 1.77. The molecule has 0 bridgehead atoms. The maximum atomic E-state index is 11.7. The van der Waals surface area contributed by atoms with Crippen molar-refractivity contribution < 1.29 is 9.53 Å². The quantitative estimate of drug-likeness (QED) is 0.754. The Balaban J connectivity index is 1.84. The van der Waals surface area contributed by atoms with Crippen LogP contribution >= 0.6 is 11.8 Å². The molecule has 1 unspecified atom stereocenters. The number of hydrogen-bond donors (Lipinski definition) is 0. The highest BCUT2D eigenvalue weighted by Crippen LogP contribution is 2.24. The molecule has 1 aliphatic rings. The Morgan fingerprint density at radius 3 is 2.81 bits per heavy atom. The molecule has 2 rings (SSSR count). The summed E-state index contributed by atoms with van der Waals surface area (Å²) in [6.45, 7) is 2.86. The van der Waals surface area contributed by atoms with Crippen molar-refractivity contribution >= 4 is 16.9 Å². The Morgan fingerprint density at radius 2 is 2.19 bits per heavy atom. The van der Waals surface area contributed by atoms with Gasteiger partial charge in [0.15, 0.2) is 5.12 Å². The number of carbonyl (C=O) groups is 1. The van der Waals surface area contributed by atoms with Crippen LogP contribution in [0.1, 0.15) is 24.8 Å². The second-order valence-electron chi connectivity index (χ2n) is 4.13. The van der Waals surface area contributed by atoms with Crippen LogP contribution in [0.3, 0.4) is 0 Å². The molecule has 0 spiro atoms. The molecule has 1 fully saturated rings. The number of ether oxygens (including phenoxy) is 1. The van der Waals surface area contributed by atoms with Gasteiger partial charge in [-0.15, -0.1) is 0 Å². The van der Waals surface area contributed by atoms with E-state index < -0.39 is 0 Å². The molecule has 0 saturated carbocycles. The minimum Gasteiger partial charge on any atom is -0.378 e. The van der Waals surface area contributed by atoms with Gasteiger partial charge in [0.25, 0.3) is 0 Å². The molecule has 1 aliphatic heterocycles. The lowest BCUT2D eigenvalue weighted by atomic mass is 10.2. The van der Waals surface area contributed by atoms with Crippen molar-refractivity contribution in [2.24, 2.45) is 0 Å².